The van der Waals surface area contributed by atoms with Crippen molar-refractivity contribution in [3.8, 4) is 0 Å². The molecule has 34 heavy (non-hydrogen) atoms. The van der Waals surface area contributed by atoms with Crippen molar-refractivity contribution >= 4 is 35.3 Å². The van der Waals surface area contributed by atoms with E-state index in [-0.39, 0.29) is 36.3 Å². The van der Waals surface area contributed by atoms with Gasteiger partial charge in [0.2, 0.25) is 5.78 Å². The second-order valence-electron chi connectivity index (χ2n) is 7.81. The summed E-state index contributed by atoms with van der Waals surface area (Å²) >= 11 is 6.04. The quantitative estimate of drug-likeness (QED) is 0.177. The summed E-state index contributed by atoms with van der Waals surface area (Å²) in [6.45, 7) is 4.39. The number of ether oxygens (including phenoxy) is 3. The molecule has 0 aromatic carbocycles. The minimum absolute atomic E-state index is 0.0607. The Kier molecular flexibility index (Phi) is 12.5. The maximum atomic E-state index is 12.7. The van der Waals surface area contributed by atoms with Crippen molar-refractivity contribution in [2.45, 2.75) is 77.1 Å². The summed E-state index contributed by atoms with van der Waals surface area (Å²) in [6.07, 6.45) is 10.0. The highest BCUT2D eigenvalue weighted by molar-refractivity contribution is 6.46. The Balaban J connectivity index is 3.23. The topological polar surface area (TPSA) is 116 Å². The van der Waals surface area contributed by atoms with Gasteiger partial charge in [0.1, 0.15) is 11.7 Å². The molecule has 0 unspecified atom stereocenters. The van der Waals surface area contributed by atoms with Crippen LogP contribution in [0.3, 0.4) is 0 Å². The molecule has 1 aliphatic rings. The van der Waals surface area contributed by atoms with Crippen molar-refractivity contribution in [1.82, 2.24) is 0 Å². The van der Waals surface area contributed by atoms with E-state index in [0.717, 1.165) is 6.42 Å². The monoisotopic (exact) mass is 496 g/mol. The van der Waals surface area contributed by atoms with E-state index in [0.29, 0.717) is 6.42 Å². The summed E-state index contributed by atoms with van der Waals surface area (Å²) in [5, 5.41) is 11.0. The van der Waals surface area contributed by atoms with Gasteiger partial charge in [0.05, 0.1) is 12.1 Å². The lowest BCUT2D eigenvalue weighted by Crippen LogP contribution is -2.36. The normalized spacial score (nSPS) is 21.1. The molecule has 0 heterocycles. The highest BCUT2D eigenvalue weighted by Crippen LogP contribution is 2.37. The van der Waals surface area contributed by atoms with E-state index in [2.05, 4.69) is 4.74 Å². The van der Waals surface area contributed by atoms with Crippen LogP contribution in [0.2, 0.25) is 0 Å². The first-order valence-corrected chi connectivity index (χ1v) is 11.5. The maximum Gasteiger partial charge on any atom is 0.305 e. The van der Waals surface area contributed by atoms with Crippen molar-refractivity contribution in [1.29, 1.82) is 0 Å². The SMILES string of the molecule is CC/C=C/C/C=C\C[C@@]1(O)C=C(Cl)C(=O)/C1=C/[C@H](OC(C)=O)[C@H](CCCC(=O)OC)OC(C)=O. The minimum Gasteiger partial charge on any atom is -0.469 e. The Morgan fingerprint density at radius 2 is 1.76 bits per heavy atom. The van der Waals surface area contributed by atoms with Gasteiger partial charge >= 0.3 is 17.9 Å². The Labute approximate surface area is 205 Å². The smallest absolute Gasteiger partial charge is 0.305 e. The summed E-state index contributed by atoms with van der Waals surface area (Å²) in [4.78, 5) is 47.7. The summed E-state index contributed by atoms with van der Waals surface area (Å²) in [5.74, 6) is -2.37. The zero-order chi connectivity index (χ0) is 25.7. The van der Waals surface area contributed by atoms with Crippen molar-refractivity contribution in [3.05, 3.63) is 47.1 Å². The lowest BCUT2D eigenvalue weighted by Gasteiger charge is -2.27. The summed E-state index contributed by atoms with van der Waals surface area (Å²) in [7, 11) is 1.26. The third-order valence-electron chi connectivity index (χ3n) is 4.98. The van der Waals surface area contributed by atoms with Gasteiger partial charge < -0.3 is 19.3 Å². The van der Waals surface area contributed by atoms with Crippen LogP contribution < -0.4 is 0 Å². The molecule has 0 fully saturated rings. The van der Waals surface area contributed by atoms with Gasteiger partial charge in [-0.2, -0.15) is 0 Å². The van der Waals surface area contributed by atoms with Crippen LogP contribution in [-0.2, 0) is 33.4 Å². The van der Waals surface area contributed by atoms with Crippen LogP contribution in [0.25, 0.3) is 0 Å². The molecule has 9 heteroatoms. The summed E-state index contributed by atoms with van der Waals surface area (Å²) in [5.41, 5.74) is -1.80. The fourth-order valence-electron chi connectivity index (χ4n) is 3.39. The number of Topliss-reactive ketones (excluding diaryl/α,β-unsaturated/α-hetero) is 1. The molecular weight excluding hydrogens is 464 g/mol. The number of allylic oxidation sites excluding steroid dienone is 4. The average Bonchev–Trinajstić information content (AvgIpc) is 2.97. The third-order valence-corrected chi connectivity index (χ3v) is 5.26. The molecule has 0 spiro atoms. The number of esters is 3. The molecule has 1 aliphatic carbocycles. The number of hydrogen-bond acceptors (Lipinski definition) is 8. The third kappa shape index (κ3) is 9.65. The number of ketones is 1. The van der Waals surface area contributed by atoms with E-state index in [1.54, 1.807) is 6.08 Å². The van der Waals surface area contributed by atoms with Crippen molar-refractivity contribution in [2.24, 2.45) is 0 Å². The van der Waals surface area contributed by atoms with E-state index in [1.807, 2.05) is 25.2 Å². The molecule has 0 aromatic rings. The molecule has 0 saturated heterocycles. The predicted molar refractivity (Wildman–Crippen MR) is 127 cm³/mol. The van der Waals surface area contributed by atoms with E-state index >= 15 is 0 Å². The maximum absolute atomic E-state index is 12.7. The fraction of sp³-hybridized carbons (Fsp3) is 0.520. The van der Waals surface area contributed by atoms with Gasteiger partial charge in [0, 0.05) is 32.3 Å². The Morgan fingerprint density at radius 3 is 2.35 bits per heavy atom. The van der Waals surface area contributed by atoms with Gasteiger partial charge in [-0.05, 0) is 37.8 Å². The second-order valence-corrected chi connectivity index (χ2v) is 8.21. The first-order valence-electron chi connectivity index (χ1n) is 11.1. The van der Waals surface area contributed by atoms with E-state index in [1.165, 1.54) is 33.1 Å². The number of methoxy groups -OCH3 is 1. The van der Waals surface area contributed by atoms with E-state index in [9.17, 15) is 24.3 Å². The van der Waals surface area contributed by atoms with Crippen LogP contribution in [0.4, 0.5) is 0 Å². The van der Waals surface area contributed by atoms with Crippen LogP contribution in [0.1, 0.15) is 59.3 Å². The Hall–Kier alpha value is -2.71. The molecule has 0 bridgehead atoms. The number of carbonyl (C=O) groups is 4. The molecular formula is C25H33ClO8. The standard InChI is InChI=1S/C25H33ClO8/c1-5-6-7-8-9-10-14-25(31)16-20(26)24(30)19(25)15-22(34-18(3)28)21(33-17(2)27)12-11-13-23(29)32-4/h6-7,9-10,15-16,21-22,31H,5,8,11-14H2,1-4H3/b7-6+,10-9-,19-15-/t21-,22-,25+/m0/s1. The van der Waals surface area contributed by atoms with Crippen LogP contribution in [-0.4, -0.2) is 53.7 Å². The molecule has 0 amide bonds. The van der Waals surface area contributed by atoms with Crippen molar-refractivity contribution in [3.63, 3.8) is 0 Å². The highest BCUT2D eigenvalue weighted by Gasteiger charge is 2.42. The molecule has 0 aromatic heterocycles. The number of rotatable bonds is 13. The Bertz CT molecular complexity index is 870. The fourth-order valence-corrected chi connectivity index (χ4v) is 3.68. The number of hydrogen-bond donors (Lipinski definition) is 1. The molecule has 0 saturated carbocycles. The van der Waals surface area contributed by atoms with Gasteiger partial charge in [0.15, 0.2) is 6.10 Å². The Morgan fingerprint density at radius 1 is 1.12 bits per heavy atom. The molecule has 3 atom stereocenters. The van der Waals surface area contributed by atoms with E-state index in [4.69, 9.17) is 21.1 Å². The van der Waals surface area contributed by atoms with Crippen LogP contribution in [0, 0.1) is 0 Å². The summed E-state index contributed by atoms with van der Waals surface area (Å²) < 4.78 is 15.3. The second kappa shape index (κ2) is 14.5. The molecule has 8 nitrogen and oxygen atoms in total. The van der Waals surface area contributed by atoms with Gasteiger partial charge in [0.25, 0.3) is 0 Å². The van der Waals surface area contributed by atoms with Gasteiger partial charge in [-0.1, -0.05) is 42.8 Å². The average molecular weight is 497 g/mol. The van der Waals surface area contributed by atoms with Gasteiger partial charge in [-0.25, -0.2) is 0 Å². The zero-order valence-corrected chi connectivity index (χ0v) is 20.8. The first kappa shape index (κ1) is 29.3. The lowest BCUT2D eigenvalue weighted by atomic mass is 9.90. The molecule has 0 aliphatic heterocycles. The van der Waals surface area contributed by atoms with Crippen LogP contribution >= 0.6 is 11.6 Å². The number of aliphatic hydroxyl groups is 1. The largest absolute Gasteiger partial charge is 0.469 e. The summed E-state index contributed by atoms with van der Waals surface area (Å²) in [6, 6.07) is 0. The number of carbonyl (C=O) groups excluding carboxylic acids is 4. The molecule has 1 rings (SSSR count). The van der Waals surface area contributed by atoms with Gasteiger partial charge in [-0.15, -0.1) is 0 Å². The number of halogens is 1. The lowest BCUT2D eigenvalue weighted by molar-refractivity contribution is -0.162. The predicted octanol–water partition coefficient (Wildman–Crippen LogP) is 3.86. The molecule has 188 valence electrons. The van der Waals surface area contributed by atoms with Crippen molar-refractivity contribution in [2.75, 3.05) is 7.11 Å². The molecule has 0 radical (unpaired) electrons. The van der Waals surface area contributed by atoms with E-state index < -0.39 is 41.5 Å². The minimum atomic E-state index is -1.72. The highest BCUT2D eigenvalue weighted by atomic mass is 35.5. The molecule has 1 N–H and O–H groups in total. The van der Waals surface area contributed by atoms with Crippen LogP contribution in [0.15, 0.2) is 47.1 Å². The van der Waals surface area contributed by atoms with Gasteiger partial charge in [-0.3, -0.25) is 19.2 Å². The van der Waals surface area contributed by atoms with Crippen LogP contribution in [0.5, 0.6) is 0 Å². The zero-order valence-electron chi connectivity index (χ0n) is 20.0. The van der Waals surface area contributed by atoms with Crippen molar-refractivity contribution < 1.29 is 38.5 Å². The first-order chi connectivity index (χ1) is 16.0.